The van der Waals surface area contributed by atoms with Gasteiger partial charge in [0.2, 0.25) is 0 Å². The summed E-state index contributed by atoms with van der Waals surface area (Å²) in [5.74, 6) is 0. The minimum atomic E-state index is -4.56. The molecule has 0 N–H and O–H groups in total. The normalized spacial score (nSPS) is 21.9. The van der Waals surface area contributed by atoms with Crippen LogP contribution in [-0.2, 0) is 0 Å². The van der Waals surface area contributed by atoms with Gasteiger partial charge in [-0.1, -0.05) is 15.9 Å². The van der Waals surface area contributed by atoms with Gasteiger partial charge in [0.25, 0.3) is 0 Å². The van der Waals surface area contributed by atoms with Crippen molar-refractivity contribution in [3.63, 3.8) is 0 Å². The van der Waals surface area contributed by atoms with E-state index in [1.54, 1.807) is 0 Å². The Bertz CT molecular complexity index is 99.4. The maximum absolute atomic E-state index is 12.4. The highest BCUT2D eigenvalue weighted by molar-refractivity contribution is 9.12. The third-order valence-corrected chi connectivity index (χ3v) is 3.18. The smallest absolute Gasteiger partial charge is 0.230 e. The molecule has 10 heavy (non-hydrogen) atoms. The quantitative estimate of drug-likeness (QED) is 0.512. The lowest BCUT2D eigenvalue weighted by Gasteiger charge is -2.21. The van der Waals surface area contributed by atoms with Crippen molar-refractivity contribution in [1.29, 1.82) is 0 Å². The van der Waals surface area contributed by atoms with Crippen molar-refractivity contribution in [1.82, 2.24) is 0 Å². The van der Waals surface area contributed by atoms with Gasteiger partial charge in [-0.25, -0.2) is 4.39 Å². The Morgan fingerprint density at radius 1 is 1.20 bits per heavy atom. The summed E-state index contributed by atoms with van der Waals surface area (Å²) in [6, 6.07) is 0. The van der Waals surface area contributed by atoms with Crippen LogP contribution in [-0.4, -0.2) is 15.6 Å². The van der Waals surface area contributed by atoms with E-state index in [0.29, 0.717) is 0 Å². The van der Waals surface area contributed by atoms with Gasteiger partial charge < -0.3 is 0 Å². The van der Waals surface area contributed by atoms with Gasteiger partial charge in [-0.05, 0) is 22.9 Å². The fourth-order valence-corrected chi connectivity index (χ4v) is 0.547. The minimum Gasteiger partial charge on any atom is -0.230 e. The molecule has 62 valence electrons. The molecule has 0 saturated carbocycles. The third-order valence-electron chi connectivity index (χ3n) is 0.732. The lowest BCUT2D eigenvalue weighted by atomic mass is 10.3. The van der Waals surface area contributed by atoms with E-state index in [9.17, 15) is 17.6 Å². The van der Waals surface area contributed by atoms with Crippen LogP contribution in [0.25, 0.3) is 0 Å². The Labute approximate surface area is 72.2 Å². The van der Waals surface area contributed by atoms with Crippen LogP contribution in [0, 0.1) is 0 Å². The van der Waals surface area contributed by atoms with Crippen molar-refractivity contribution in [3.8, 4) is 0 Å². The Kier molecular flexibility index (Phi) is 3.17. The maximum atomic E-state index is 12.4. The molecule has 0 unspecified atom stereocenters. The summed E-state index contributed by atoms with van der Waals surface area (Å²) in [5, 5.41) is 0. The second kappa shape index (κ2) is 2.97. The summed E-state index contributed by atoms with van der Waals surface area (Å²) < 4.78 is 44.9. The lowest BCUT2D eigenvalue weighted by molar-refractivity contribution is -0.139. The molecule has 0 aromatic carbocycles. The van der Waals surface area contributed by atoms with E-state index in [1.165, 1.54) is 0 Å². The molecule has 0 aliphatic heterocycles. The number of rotatable bonds is 1. The predicted octanol–water partition coefficient (Wildman–Crippen LogP) is 3.39. The second-order valence-corrected chi connectivity index (χ2v) is 4.33. The average molecular weight is 288 g/mol. The van der Waals surface area contributed by atoms with Crippen LogP contribution in [0.5, 0.6) is 0 Å². The third kappa shape index (κ3) is 3.18. The standard InChI is InChI=1S/C4H4Br2F4/c1-3(6,7)2(5)4(8,9)10/h2H,1H3/t2-,3-/m1/s1. The van der Waals surface area contributed by atoms with Gasteiger partial charge in [-0.3, -0.25) is 0 Å². The van der Waals surface area contributed by atoms with Crippen molar-refractivity contribution >= 4 is 31.9 Å². The van der Waals surface area contributed by atoms with Gasteiger partial charge in [0.05, 0.1) is 0 Å². The minimum absolute atomic E-state index is 0.792. The Morgan fingerprint density at radius 3 is 1.50 bits per heavy atom. The van der Waals surface area contributed by atoms with Crippen LogP contribution in [0.1, 0.15) is 6.92 Å². The van der Waals surface area contributed by atoms with Crippen molar-refractivity contribution in [3.05, 3.63) is 0 Å². The van der Waals surface area contributed by atoms with Crippen molar-refractivity contribution in [2.45, 2.75) is 22.5 Å². The summed E-state index contributed by atoms with van der Waals surface area (Å²) in [5.41, 5.74) is 0. The molecule has 6 heteroatoms. The van der Waals surface area contributed by atoms with E-state index < -0.39 is 15.6 Å². The van der Waals surface area contributed by atoms with E-state index in [2.05, 4.69) is 31.9 Å². The Balaban J connectivity index is 4.23. The summed E-state index contributed by atoms with van der Waals surface area (Å²) in [7, 11) is 0. The molecule has 0 spiro atoms. The van der Waals surface area contributed by atoms with E-state index >= 15 is 0 Å². The zero-order valence-corrected chi connectivity index (χ0v) is 8.02. The van der Waals surface area contributed by atoms with Gasteiger partial charge in [-0.2, -0.15) is 13.2 Å². The first kappa shape index (κ1) is 10.7. The molecule has 2 atom stereocenters. The van der Waals surface area contributed by atoms with E-state index in [4.69, 9.17) is 0 Å². The molecule has 0 heterocycles. The molecular formula is C4H4Br2F4. The Hall–Kier alpha value is 0.680. The average Bonchev–Trinajstić information content (AvgIpc) is 1.59. The SMILES string of the molecule is C[C@](F)(Br)[C@@H](Br)C(F)(F)F. The highest BCUT2D eigenvalue weighted by Gasteiger charge is 2.49. The lowest BCUT2D eigenvalue weighted by Crippen LogP contribution is -2.36. The first-order valence-electron chi connectivity index (χ1n) is 2.24. The maximum Gasteiger partial charge on any atom is 0.405 e. The molecule has 0 aromatic rings. The molecule has 0 nitrogen and oxygen atoms in total. The monoisotopic (exact) mass is 286 g/mol. The van der Waals surface area contributed by atoms with Crippen LogP contribution in [0.2, 0.25) is 0 Å². The largest absolute Gasteiger partial charge is 0.405 e. The van der Waals surface area contributed by atoms with E-state index in [1.807, 2.05) is 0 Å². The van der Waals surface area contributed by atoms with E-state index in [0.717, 1.165) is 6.92 Å². The number of alkyl halides is 6. The van der Waals surface area contributed by atoms with Gasteiger partial charge in [0.1, 0.15) is 0 Å². The molecule has 0 bridgehead atoms. The summed E-state index contributed by atoms with van der Waals surface area (Å²) in [6.07, 6.45) is -4.56. The Morgan fingerprint density at radius 2 is 1.50 bits per heavy atom. The van der Waals surface area contributed by atoms with Crippen LogP contribution >= 0.6 is 31.9 Å². The topological polar surface area (TPSA) is 0 Å². The van der Waals surface area contributed by atoms with Gasteiger partial charge >= 0.3 is 6.18 Å². The molecule has 0 aliphatic carbocycles. The summed E-state index contributed by atoms with van der Waals surface area (Å²) >= 11 is 4.42. The number of halogens is 6. The molecule has 0 aromatic heterocycles. The molecule has 0 radical (unpaired) electrons. The van der Waals surface area contributed by atoms with Crippen LogP contribution in [0.3, 0.4) is 0 Å². The zero-order chi connectivity index (χ0) is 8.58. The highest BCUT2D eigenvalue weighted by atomic mass is 79.9. The first-order valence-corrected chi connectivity index (χ1v) is 3.95. The van der Waals surface area contributed by atoms with Crippen LogP contribution in [0.15, 0.2) is 0 Å². The van der Waals surface area contributed by atoms with Crippen LogP contribution < -0.4 is 0 Å². The van der Waals surface area contributed by atoms with Gasteiger partial charge in [-0.15, -0.1) is 0 Å². The van der Waals surface area contributed by atoms with Crippen molar-refractivity contribution < 1.29 is 17.6 Å². The predicted molar refractivity (Wildman–Crippen MR) is 37.2 cm³/mol. The highest BCUT2D eigenvalue weighted by Crippen LogP contribution is 2.39. The number of hydrogen-bond donors (Lipinski definition) is 0. The fourth-order valence-electron chi connectivity index (χ4n) is 0.287. The van der Waals surface area contributed by atoms with Gasteiger partial charge in [0.15, 0.2) is 9.41 Å². The van der Waals surface area contributed by atoms with Crippen molar-refractivity contribution in [2.75, 3.05) is 0 Å². The van der Waals surface area contributed by atoms with Crippen LogP contribution in [0.4, 0.5) is 17.6 Å². The van der Waals surface area contributed by atoms with E-state index in [-0.39, 0.29) is 0 Å². The summed E-state index contributed by atoms with van der Waals surface area (Å²) in [4.78, 5) is -2.17. The molecule has 0 amide bonds. The number of hydrogen-bond acceptors (Lipinski definition) is 0. The molecule has 0 saturated heterocycles. The zero-order valence-electron chi connectivity index (χ0n) is 4.85. The molecule has 0 aliphatic rings. The molecule has 0 rings (SSSR count). The first-order chi connectivity index (χ1) is 4.15. The fraction of sp³-hybridized carbons (Fsp3) is 1.00. The van der Waals surface area contributed by atoms with Crippen molar-refractivity contribution in [2.24, 2.45) is 0 Å². The molecule has 0 fully saturated rings. The second-order valence-electron chi connectivity index (χ2n) is 1.86. The molecular weight excluding hydrogens is 284 g/mol. The summed E-state index contributed by atoms with van der Waals surface area (Å²) in [6.45, 7) is 0.792. The van der Waals surface area contributed by atoms with Gasteiger partial charge in [0, 0.05) is 0 Å².